The second kappa shape index (κ2) is 26.2. The van der Waals surface area contributed by atoms with E-state index in [-0.39, 0.29) is 0 Å². The lowest BCUT2D eigenvalue weighted by Crippen LogP contribution is -1.89. The van der Waals surface area contributed by atoms with Crippen LogP contribution in [0, 0.1) is 0 Å². The summed E-state index contributed by atoms with van der Waals surface area (Å²) in [5, 5.41) is 1.18. The quantitative estimate of drug-likeness (QED) is 0.147. The van der Waals surface area contributed by atoms with Gasteiger partial charge in [-0.1, -0.05) is 149 Å². The van der Waals surface area contributed by atoms with Gasteiger partial charge in [-0.3, -0.25) is 0 Å². The highest BCUT2D eigenvalue weighted by Gasteiger charge is 1.95. The van der Waals surface area contributed by atoms with E-state index >= 15 is 0 Å². The minimum absolute atomic E-state index is 0.716. The topological polar surface area (TPSA) is 0 Å². The van der Waals surface area contributed by atoms with Crippen LogP contribution in [0.4, 0.5) is 0 Å². The Labute approximate surface area is 171 Å². The van der Waals surface area contributed by atoms with Crippen LogP contribution in [0.25, 0.3) is 0 Å². The van der Waals surface area contributed by atoms with Crippen molar-refractivity contribution in [1.29, 1.82) is 0 Å². The summed E-state index contributed by atoms with van der Waals surface area (Å²) in [4.78, 5) is 0.716. The van der Waals surface area contributed by atoms with Gasteiger partial charge in [0.15, 0.2) is 0 Å². The lowest BCUT2D eigenvalue weighted by atomic mass is 10.1. The summed E-state index contributed by atoms with van der Waals surface area (Å²) in [5.74, 6) is 0. The number of hydrogen-bond acceptors (Lipinski definition) is 0. The van der Waals surface area contributed by atoms with Crippen LogP contribution in [0.1, 0.15) is 130 Å². The van der Waals surface area contributed by atoms with Gasteiger partial charge in [0.05, 0.1) is 0 Å². The Morgan fingerprint density at radius 3 is 1.21 bits per heavy atom. The van der Waals surface area contributed by atoms with Crippen molar-refractivity contribution >= 4 is 31.9 Å². The molecule has 0 aliphatic heterocycles. The van der Waals surface area contributed by atoms with E-state index in [1.165, 1.54) is 114 Å². The van der Waals surface area contributed by atoms with Gasteiger partial charge in [0.2, 0.25) is 0 Å². The van der Waals surface area contributed by atoms with Crippen LogP contribution in [-0.4, -0.2) is 10.2 Å². The molecule has 0 saturated heterocycles. The Morgan fingerprint density at radius 2 is 0.875 bits per heavy atom. The van der Waals surface area contributed by atoms with Crippen LogP contribution < -0.4 is 0 Å². The first-order chi connectivity index (χ1) is 11.7. The zero-order valence-corrected chi connectivity index (χ0v) is 20.2. The lowest BCUT2D eigenvalue weighted by Gasteiger charge is -2.02. The monoisotopic (exact) mass is 468 g/mol. The molecule has 0 aliphatic rings. The van der Waals surface area contributed by atoms with Crippen LogP contribution in [-0.2, 0) is 0 Å². The van der Waals surface area contributed by atoms with Crippen molar-refractivity contribution < 1.29 is 0 Å². The number of halogens is 2. The van der Waals surface area contributed by atoms with E-state index in [0.29, 0.717) is 4.83 Å². The summed E-state index contributed by atoms with van der Waals surface area (Å²) in [7, 11) is 0. The van der Waals surface area contributed by atoms with Crippen LogP contribution in [0.15, 0.2) is 0 Å². The van der Waals surface area contributed by atoms with E-state index in [1.54, 1.807) is 0 Å². The number of unbranched alkanes of at least 4 members (excludes halogenated alkanes) is 14. The molecule has 0 rings (SSSR count). The summed E-state index contributed by atoms with van der Waals surface area (Å²) in [6.45, 7) is 6.78. The highest BCUT2D eigenvalue weighted by Crippen LogP contribution is 2.12. The highest BCUT2D eigenvalue weighted by molar-refractivity contribution is 9.09. The van der Waals surface area contributed by atoms with Gasteiger partial charge in [-0.2, -0.15) is 0 Å². The third-order valence-corrected chi connectivity index (χ3v) is 5.46. The standard InChI is InChI=1S/2C11H23Br/c1-3-4-5-6-7-8-9-10-11(2)12;1-2-3-4-5-6-7-8-9-10-11-12/h11H,3-10H2,1-2H3;2-11H2,1H3. The summed E-state index contributed by atoms with van der Waals surface area (Å²) >= 11 is 7.02. The minimum Gasteiger partial charge on any atom is -0.0928 e. The van der Waals surface area contributed by atoms with Gasteiger partial charge in [0.1, 0.15) is 0 Å². The maximum absolute atomic E-state index is 3.57. The molecule has 0 bridgehead atoms. The number of alkyl halides is 2. The molecule has 0 aromatic carbocycles. The van der Waals surface area contributed by atoms with E-state index in [1.807, 2.05) is 0 Å². The third-order valence-electron chi connectivity index (χ3n) is 4.44. The summed E-state index contributed by atoms with van der Waals surface area (Å²) in [6, 6.07) is 0. The van der Waals surface area contributed by atoms with E-state index < -0.39 is 0 Å². The van der Waals surface area contributed by atoms with Crippen molar-refractivity contribution in [3.8, 4) is 0 Å². The normalized spacial score (nSPS) is 11.9. The second-order valence-corrected chi connectivity index (χ2v) is 9.56. The average molecular weight is 470 g/mol. The van der Waals surface area contributed by atoms with Crippen LogP contribution >= 0.6 is 31.9 Å². The first-order valence-corrected chi connectivity index (χ1v) is 12.9. The van der Waals surface area contributed by atoms with E-state index in [4.69, 9.17) is 0 Å². The van der Waals surface area contributed by atoms with Crippen LogP contribution in [0.5, 0.6) is 0 Å². The first kappa shape index (κ1) is 27.2. The Morgan fingerprint density at radius 1 is 0.542 bits per heavy atom. The van der Waals surface area contributed by atoms with Gasteiger partial charge in [0, 0.05) is 10.2 Å². The molecular weight excluding hydrogens is 424 g/mol. The first-order valence-electron chi connectivity index (χ1n) is 10.9. The predicted molar refractivity (Wildman–Crippen MR) is 122 cm³/mol. The maximum atomic E-state index is 3.57. The number of rotatable bonds is 17. The van der Waals surface area contributed by atoms with Gasteiger partial charge in [-0.15, -0.1) is 0 Å². The molecule has 1 unspecified atom stereocenters. The fourth-order valence-corrected chi connectivity index (χ4v) is 3.51. The smallest absolute Gasteiger partial charge is 0.0117 e. The van der Waals surface area contributed by atoms with E-state index in [9.17, 15) is 0 Å². The van der Waals surface area contributed by atoms with Crippen LogP contribution in [0.3, 0.4) is 0 Å². The lowest BCUT2D eigenvalue weighted by molar-refractivity contribution is 0.573. The SMILES string of the molecule is CCCCCCCCCC(C)Br.CCCCCCCCCCCBr. The molecule has 0 saturated carbocycles. The summed E-state index contributed by atoms with van der Waals surface area (Å²) < 4.78 is 0. The van der Waals surface area contributed by atoms with Crippen LogP contribution in [0.2, 0.25) is 0 Å². The molecule has 0 N–H and O–H groups in total. The molecule has 0 radical (unpaired) electrons. The predicted octanol–water partition coefficient (Wildman–Crippen LogP) is 9.82. The maximum Gasteiger partial charge on any atom is 0.0117 e. The summed E-state index contributed by atoms with van der Waals surface area (Å²) in [5.41, 5.74) is 0. The molecule has 2 heteroatoms. The van der Waals surface area contributed by atoms with Crippen molar-refractivity contribution in [1.82, 2.24) is 0 Å². The highest BCUT2D eigenvalue weighted by atomic mass is 79.9. The number of hydrogen-bond donors (Lipinski definition) is 0. The molecule has 24 heavy (non-hydrogen) atoms. The Kier molecular flexibility index (Phi) is 29.7. The molecule has 0 aromatic heterocycles. The zero-order valence-electron chi connectivity index (χ0n) is 17.1. The third kappa shape index (κ3) is 30.8. The molecule has 0 fully saturated rings. The second-order valence-electron chi connectivity index (χ2n) is 7.21. The van der Waals surface area contributed by atoms with Crippen molar-refractivity contribution in [3.05, 3.63) is 0 Å². The van der Waals surface area contributed by atoms with Gasteiger partial charge < -0.3 is 0 Å². The Balaban J connectivity index is 0. The van der Waals surface area contributed by atoms with E-state index in [2.05, 4.69) is 52.6 Å². The largest absolute Gasteiger partial charge is 0.0928 e. The summed E-state index contributed by atoms with van der Waals surface area (Å²) in [6.07, 6.45) is 24.1. The Hall–Kier alpha value is 0.960. The minimum atomic E-state index is 0.716. The molecule has 0 heterocycles. The van der Waals surface area contributed by atoms with Gasteiger partial charge in [0.25, 0.3) is 0 Å². The molecule has 148 valence electrons. The average Bonchev–Trinajstić information content (AvgIpc) is 2.57. The van der Waals surface area contributed by atoms with E-state index in [0.717, 1.165) is 0 Å². The zero-order chi connectivity index (χ0) is 18.3. The Bertz CT molecular complexity index is 182. The fraction of sp³-hybridized carbons (Fsp3) is 1.00. The van der Waals surface area contributed by atoms with Gasteiger partial charge in [-0.25, -0.2) is 0 Å². The van der Waals surface area contributed by atoms with Crippen molar-refractivity contribution in [2.75, 3.05) is 5.33 Å². The fourth-order valence-electron chi connectivity index (χ4n) is 2.79. The van der Waals surface area contributed by atoms with Crippen molar-refractivity contribution in [3.63, 3.8) is 0 Å². The molecule has 1 atom stereocenters. The van der Waals surface area contributed by atoms with Crippen molar-refractivity contribution in [2.45, 2.75) is 135 Å². The molecule has 0 amide bonds. The molecule has 0 aliphatic carbocycles. The van der Waals surface area contributed by atoms with Gasteiger partial charge >= 0.3 is 0 Å². The van der Waals surface area contributed by atoms with Crippen molar-refractivity contribution in [2.24, 2.45) is 0 Å². The van der Waals surface area contributed by atoms with Gasteiger partial charge in [-0.05, 0) is 12.8 Å². The molecule has 0 aromatic rings. The molecule has 0 nitrogen and oxygen atoms in total. The molecule has 0 spiro atoms. The molecular formula is C22H46Br2.